The van der Waals surface area contributed by atoms with Gasteiger partial charge in [-0.3, -0.25) is 0 Å². The topological polar surface area (TPSA) is 76.7 Å². The molecule has 0 heterocycles. The summed E-state index contributed by atoms with van der Waals surface area (Å²) in [5, 5.41) is 8.12. The molecule has 3 aromatic carbocycles. The molecule has 160 valence electrons. The molecule has 1 amide bonds. The van der Waals surface area contributed by atoms with Gasteiger partial charge in [0.1, 0.15) is 0 Å². The average molecular weight is 418 g/mol. The Kier molecular flexibility index (Phi) is 7.27. The van der Waals surface area contributed by atoms with Crippen LogP contribution in [0.1, 0.15) is 24.1 Å². The number of amides is 1. The monoisotopic (exact) mass is 418 g/mol. The number of allylic oxidation sites excluding steroid dienone is 1. The molecular weight excluding hydrogens is 392 g/mol. The van der Waals surface area contributed by atoms with E-state index in [2.05, 4.69) is 10.6 Å². The highest BCUT2D eigenvalue weighted by atomic mass is 16.5. The summed E-state index contributed by atoms with van der Waals surface area (Å²) in [4.78, 5) is 24.9. The van der Waals surface area contributed by atoms with Crippen molar-refractivity contribution in [3.63, 3.8) is 0 Å². The number of ether oxygens (including phenoxy) is 2. The van der Waals surface area contributed by atoms with Gasteiger partial charge < -0.3 is 20.1 Å². The minimum Gasteiger partial charge on any atom is -0.466 e. The number of hydrogen-bond donors (Lipinski definition) is 2. The lowest BCUT2D eigenvalue weighted by Gasteiger charge is -2.23. The molecule has 0 fully saturated rings. The number of methoxy groups -OCH3 is 2. The third-order valence-corrected chi connectivity index (χ3v) is 5.05. The molecule has 0 radical (unpaired) electrons. The molecule has 0 aliphatic carbocycles. The zero-order chi connectivity index (χ0) is 22.2. The van der Waals surface area contributed by atoms with Crippen LogP contribution in [0.15, 0.2) is 84.1 Å². The number of rotatable bonds is 7. The number of alkyl carbamates (subject to hydrolysis) is 1. The molecule has 0 aliphatic heterocycles. The van der Waals surface area contributed by atoms with Crippen molar-refractivity contribution in [2.45, 2.75) is 19.5 Å². The van der Waals surface area contributed by atoms with E-state index in [0.717, 1.165) is 21.9 Å². The van der Waals surface area contributed by atoms with Gasteiger partial charge in [0, 0.05) is 12.2 Å². The molecule has 31 heavy (non-hydrogen) atoms. The van der Waals surface area contributed by atoms with Crippen molar-refractivity contribution in [3.8, 4) is 0 Å². The number of hydrogen-bond acceptors (Lipinski definition) is 5. The van der Waals surface area contributed by atoms with Crippen molar-refractivity contribution in [2.24, 2.45) is 0 Å². The Hall–Kier alpha value is -3.80. The second kappa shape index (κ2) is 10.3. The molecule has 6 nitrogen and oxygen atoms in total. The number of esters is 1. The average Bonchev–Trinajstić information content (AvgIpc) is 2.82. The first-order valence-corrected chi connectivity index (χ1v) is 9.93. The van der Waals surface area contributed by atoms with E-state index in [0.29, 0.717) is 17.8 Å². The Morgan fingerprint density at radius 3 is 2.23 bits per heavy atom. The zero-order valence-corrected chi connectivity index (χ0v) is 17.8. The molecule has 0 unspecified atom stereocenters. The Labute approximate surface area is 181 Å². The van der Waals surface area contributed by atoms with Gasteiger partial charge >= 0.3 is 12.1 Å². The van der Waals surface area contributed by atoms with E-state index < -0.39 is 18.1 Å². The fourth-order valence-corrected chi connectivity index (χ4v) is 3.41. The number of benzene rings is 3. The van der Waals surface area contributed by atoms with Gasteiger partial charge in [-0.15, -0.1) is 0 Å². The first-order valence-electron chi connectivity index (χ1n) is 9.93. The van der Waals surface area contributed by atoms with E-state index in [4.69, 9.17) is 9.47 Å². The first kappa shape index (κ1) is 21.9. The highest BCUT2D eigenvalue weighted by molar-refractivity contribution is 5.92. The summed E-state index contributed by atoms with van der Waals surface area (Å²) in [6, 6.07) is 22.8. The van der Waals surface area contributed by atoms with Gasteiger partial charge in [0.05, 0.1) is 25.8 Å². The molecule has 2 N–H and O–H groups in total. The van der Waals surface area contributed by atoms with Crippen molar-refractivity contribution < 1.29 is 19.1 Å². The van der Waals surface area contributed by atoms with Crippen LogP contribution in [-0.2, 0) is 20.8 Å². The Morgan fingerprint density at radius 2 is 1.55 bits per heavy atom. The lowest BCUT2D eigenvalue weighted by Crippen LogP contribution is -2.34. The molecule has 0 saturated heterocycles. The SMILES string of the molecule is COC(=O)N[C@H](/C(C(=O)OC)=C(\C)NCc1ccccc1)c1ccc2ccccc2c1. The maximum Gasteiger partial charge on any atom is 0.407 e. The smallest absolute Gasteiger partial charge is 0.407 e. The van der Waals surface area contributed by atoms with Crippen molar-refractivity contribution in [1.82, 2.24) is 10.6 Å². The number of nitrogens with one attached hydrogen (secondary N) is 2. The predicted molar refractivity (Wildman–Crippen MR) is 120 cm³/mol. The molecule has 6 heteroatoms. The van der Waals surface area contributed by atoms with Crippen molar-refractivity contribution in [3.05, 3.63) is 95.2 Å². The summed E-state index contributed by atoms with van der Waals surface area (Å²) < 4.78 is 9.88. The van der Waals surface area contributed by atoms with Gasteiger partial charge in [0.15, 0.2) is 0 Å². The summed E-state index contributed by atoms with van der Waals surface area (Å²) in [5.74, 6) is -0.535. The molecule has 3 rings (SSSR count). The summed E-state index contributed by atoms with van der Waals surface area (Å²) in [6.07, 6.45) is -0.643. The summed E-state index contributed by atoms with van der Waals surface area (Å²) in [5.41, 5.74) is 2.71. The number of carbonyl (C=O) groups is 2. The Bertz CT molecular complexity index is 1090. The number of carbonyl (C=O) groups excluding carboxylic acids is 2. The van der Waals surface area contributed by atoms with Crippen LogP contribution < -0.4 is 10.6 Å². The van der Waals surface area contributed by atoms with Crippen molar-refractivity contribution in [2.75, 3.05) is 14.2 Å². The second-order valence-electron chi connectivity index (χ2n) is 7.04. The molecule has 0 saturated carbocycles. The zero-order valence-electron chi connectivity index (χ0n) is 17.8. The van der Waals surface area contributed by atoms with Gasteiger partial charge in [0.2, 0.25) is 0 Å². The molecule has 0 aromatic heterocycles. The lowest BCUT2D eigenvalue weighted by molar-refractivity contribution is -0.136. The summed E-state index contributed by atoms with van der Waals surface area (Å²) >= 11 is 0. The molecular formula is C25H26N2O4. The minimum absolute atomic E-state index is 0.305. The molecule has 0 spiro atoms. The Balaban J connectivity index is 2.03. The van der Waals surface area contributed by atoms with E-state index in [1.165, 1.54) is 14.2 Å². The third-order valence-electron chi connectivity index (χ3n) is 5.05. The van der Waals surface area contributed by atoms with Gasteiger partial charge in [0.25, 0.3) is 0 Å². The molecule has 0 aliphatic rings. The van der Waals surface area contributed by atoms with Gasteiger partial charge in [-0.25, -0.2) is 9.59 Å². The summed E-state index contributed by atoms with van der Waals surface area (Å²) in [6.45, 7) is 2.32. The van der Waals surface area contributed by atoms with Crippen molar-refractivity contribution >= 4 is 22.8 Å². The lowest BCUT2D eigenvalue weighted by atomic mass is 9.94. The standard InChI is InChI=1S/C25H26N2O4/c1-17(26-16-18-9-5-4-6-10-18)22(24(28)30-2)23(27-25(29)31-3)21-14-13-19-11-7-8-12-20(19)15-21/h4-15,23,26H,16H2,1-3H3,(H,27,29)/b22-17-/t23-/m0/s1. The number of fused-ring (bicyclic) bond motifs is 1. The maximum atomic E-state index is 12.8. The van der Waals surface area contributed by atoms with Crippen LogP contribution in [0.5, 0.6) is 0 Å². The Morgan fingerprint density at radius 1 is 0.871 bits per heavy atom. The quantitative estimate of drug-likeness (QED) is 0.437. The van der Waals surface area contributed by atoms with E-state index in [9.17, 15) is 9.59 Å². The van der Waals surface area contributed by atoms with Gasteiger partial charge in [-0.2, -0.15) is 0 Å². The van der Waals surface area contributed by atoms with E-state index in [1.807, 2.05) is 72.8 Å². The van der Waals surface area contributed by atoms with Crippen LogP contribution in [0.2, 0.25) is 0 Å². The van der Waals surface area contributed by atoms with Gasteiger partial charge in [-0.1, -0.05) is 66.7 Å². The van der Waals surface area contributed by atoms with Gasteiger partial charge in [-0.05, 0) is 34.9 Å². The van der Waals surface area contributed by atoms with Crippen molar-refractivity contribution in [1.29, 1.82) is 0 Å². The van der Waals surface area contributed by atoms with Crippen LogP contribution in [0.25, 0.3) is 10.8 Å². The van der Waals surface area contributed by atoms with Crippen LogP contribution in [0.4, 0.5) is 4.79 Å². The molecule has 3 aromatic rings. The van der Waals surface area contributed by atoms with Crippen LogP contribution in [0.3, 0.4) is 0 Å². The normalized spacial score (nSPS) is 12.5. The van der Waals surface area contributed by atoms with E-state index in [-0.39, 0.29) is 0 Å². The van der Waals surface area contributed by atoms with Crippen LogP contribution in [0, 0.1) is 0 Å². The largest absolute Gasteiger partial charge is 0.466 e. The maximum absolute atomic E-state index is 12.8. The molecule has 1 atom stereocenters. The predicted octanol–water partition coefficient (Wildman–Crippen LogP) is 4.47. The highest BCUT2D eigenvalue weighted by Crippen LogP contribution is 2.28. The fourth-order valence-electron chi connectivity index (χ4n) is 3.41. The molecule has 0 bridgehead atoms. The third kappa shape index (κ3) is 5.42. The minimum atomic E-state index is -0.757. The van der Waals surface area contributed by atoms with E-state index in [1.54, 1.807) is 6.92 Å². The second-order valence-corrected chi connectivity index (χ2v) is 7.04. The van der Waals surface area contributed by atoms with Crippen LogP contribution in [-0.4, -0.2) is 26.3 Å². The highest BCUT2D eigenvalue weighted by Gasteiger charge is 2.28. The summed E-state index contributed by atoms with van der Waals surface area (Å²) in [7, 11) is 2.61. The fraction of sp³-hybridized carbons (Fsp3) is 0.200. The first-order chi connectivity index (χ1) is 15.0. The van der Waals surface area contributed by atoms with E-state index >= 15 is 0 Å². The van der Waals surface area contributed by atoms with Crippen LogP contribution >= 0.6 is 0 Å².